The lowest BCUT2D eigenvalue weighted by Gasteiger charge is -2.21. The Morgan fingerprint density at radius 3 is 2.60 bits per heavy atom. The summed E-state index contributed by atoms with van der Waals surface area (Å²) in [6.45, 7) is 8.68. The lowest BCUT2D eigenvalue weighted by atomic mass is 10.2. The molecule has 0 bridgehead atoms. The molecule has 0 amide bonds. The maximum absolute atomic E-state index is 8.70. The van der Waals surface area contributed by atoms with Crippen LogP contribution in [0.15, 0.2) is 0 Å². The molecule has 0 radical (unpaired) electrons. The number of likely N-dealkylation sites (N-methyl/N-ethyl adjacent to an activating group) is 1. The van der Waals surface area contributed by atoms with Gasteiger partial charge in [-0.15, -0.1) is 0 Å². The summed E-state index contributed by atoms with van der Waals surface area (Å²) in [6, 6.07) is 2.24. The Morgan fingerprint density at radius 2 is 2.07 bits per heavy atom. The molecule has 0 aliphatic rings. The first-order valence-electron chi connectivity index (χ1n) is 5.43. The average Bonchev–Trinajstić information content (AvgIpc) is 2.26. The summed E-state index contributed by atoms with van der Waals surface area (Å²) < 4.78 is 10.2. The van der Waals surface area contributed by atoms with Crippen LogP contribution in [0.1, 0.15) is 13.8 Å². The van der Waals surface area contributed by atoms with Gasteiger partial charge >= 0.3 is 0 Å². The molecule has 0 aliphatic carbocycles. The summed E-state index contributed by atoms with van der Waals surface area (Å²) in [5, 5.41) is 8.70. The smallest absolute Gasteiger partial charge is 0.0700 e. The highest BCUT2D eigenvalue weighted by Gasteiger charge is 2.07. The zero-order valence-electron chi connectivity index (χ0n) is 10.0. The van der Waals surface area contributed by atoms with Gasteiger partial charge in [0, 0.05) is 20.2 Å². The van der Waals surface area contributed by atoms with Crippen molar-refractivity contribution in [2.24, 2.45) is 5.92 Å². The van der Waals surface area contributed by atoms with Crippen molar-refractivity contribution in [3.63, 3.8) is 0 Å². The maximum Gasteiger partial charge on any atom is 0.0700 e. The summed E-state index contributed by atoms with van der Waals surface area (Å²) >= 11 is 0. The number of rotatable bonds is 9. The fourth-order valence-corrected chi connectivity index (χ4v) is 1.24. The highest BCUT2D eigenvalue weighted by molar-refractivity contribution is 4.81. The highest BCUT2D eigenvalue weighted by Crippen LogP contribution is 1.97. The van der Waals surface area contributed by atoms with Crippen molar-refractivity contribution in [2.45, 2.75) is 13.8 Å². The van der Waals surface area contributed by atoms with Gasteiger partial charge in [-0.2, -0.15) is 5.26 Å². The van der Waals surface area contributed by atoms with Gasteiger partial charge in [-0.25, -0.2) is 0 Å². The van der Waals surface area contributed by atoms with E-state index in [4.69, 9.17) is 14.7 Å². The second kappa shape index (κ2) is 9.91. The van der Waals surface area contributed by atoms with Crippen LogP contribution in [0.5, 0.6) is 0 Å². The van der Waals surface area contributed by atoms with E-state index in [0.29, 0.717) is 19.8 Å². The van der Waals surface area contributed by atoms with Gasteiger partial charge in [0.1, 0.15) is 0 Å². The van der Waals surface area contributed by atoms with Crippen LogP contribution in [0.4, 0.5) is 0 Å². The van der Waals surface area contributed by atoms with Gasteiger partial charge in [-0.1, -0.05) is 6.92 Å². The normalized spacial score (nSPS) is 12.7. The third kappa shape index (κ3) is 8.37. The van der Waals surface area contributed by atoms with E-state index in [0.717, 1.165) is 19.6 Å². The maximum atomic E-state index is 8.70. The number of hydrogen-bond acceptors (Lipinski definition) is 4. The molecule has 88 valence electrons. The molecule has 4 nitrogen and oxygen atoms in total. The van der Waals surface area contributed by atoms with E-state index in [1.807, 2.05) is 6.92 Å². The summed E-state index contributed by atoms with van der Waals surface area (Å²) in [7, 11) is 1.66. The predicted molar refractivity (Wildman–Crippen MR) is 59.6 cm³/mol. The minimum Gasteiger partial charge on any atom is -0.382 e. The number of ether oxygens (including phenoxy) is 2. The van der Waals surface area contributed by atoms with Crippen LogP contribution < -0.4 is 0 Å². The summed E-state index contributed by atoms with van der Waals surface area (Å²) in [6.07, 6.45) is 0. The van der Waals surface area contributed by atoms with Crippen molar-refractivity contribution in [2.75, 3.05) is 46.6 Å². The summed E-state index contributed by atoms with van der Waals surface area (Å²) in [4.78, 5) is 2.22. The first-order valence-corrected chi connectivity index (χ1v) is 5.43. The minimum absolute atomic E-state index is 0.0870. The molecule has 0 aromatic heterocycles. The van der Waals surface area contributed by atoms with Crippen molar-refractivity contribution in [3.8, 4) is 6.07 Å². The van der Waals surface area contributed by atoms with Crippen LogP contribution in [-0.2, 0) is 9.47 Å². The summed E-state index contributed by atoms with van der Waals surface area (Å²) in [5.74, 6) is 0.0870. The zero-order valence-corrected chi connectivity index (χ0v) is 10.0. The Kier molecular flexibility index (Phi) is 9.49. The van der Waals surface area contributed by atoms with Crippen molar-refractivity contribution >= 4 is 0 Å². The molecule has 0 rings (SSSR count). The van der Waals surface area contributed by atoms with Crippen LogP contribution in [0.3, 0.4) is 0 Å². The first-order chi connectivity index (χ1) is 7.24. The van der Waals surface area contributed by atoms with E-state index in [-0.39, 0.29) is 5.92 Å². The Balaban J connectivity index is 3.49. The summed E-state index contributed by atoms with van der Waals surface area (Å²) in [5.41, 5.74) is 0. The Bertz CT molecular complexity index is 180. The number of methoxy groups -OCH3 is 1. The molecule has 4 heteroatoms. The van der Waals surface area contributed by atoms with Gasteiger partial charge in [0.25, 0.3) is 0 Å². The van der Waals surface area contributed by atoms with Gasteiger partial charge in [-0.05, 0) is 13.5 Å². The molecule has 0 aromatic carbocycles. The highest BCUT2D eigenvalue weighted by atomic mass is 16.5. The van der Waals surface area contributed by atoms with E-state index in [2.05, 4.69) is 17.9 Å². The van der Waals surface area contributed by atoms with E-state index in [1.54, 1.807) is 7.11 Å². The number of nitriles is 1. The Hall–Kier alpha value is -0.630. The fraction of sp³-hybridized carbons (Fsp3) is 0.909. The molecule has 0 saturated carbocycles. The zero-order chi connectivity index (χ0) is 11.5. The molecule has 0 N–H and O–H groups in total. The predicted octanol–water partition coefficient (Wildman–Crippen LogP) is 1.13. The van der Waals surface area contributed by atoms with Crippen LogP contribution in [0, 0.1) is 17.2 Å². The van der Waals surface area contributed by atoms with Crippen molar-refractivity contribution in [1.29, 1.82) is 5.26 Å². The van der Waals surface area contributed by atoms with Gasteiger partial charge in [0.05, 0.1) is 31.8 Å². The molecule has 1 atom stereocenters. The van der Waals surface area contributed by atoms with E-state index < -0.39 is 0 Å². The van der Waals surface area contributed by atoms with Gasteiger partial charge in [0.15, 0.2) is 0 Å². The molecule has 0 fully saturated rings. The van der Waals surface area contributed by atoms with Crippen molar-refractivity contribution in [3.05, 3.63) is 0 Å². The van der Waals surface area contributed by atoms with E-state index in [1.165, 1.54) is 0 Å². The van der Waals surface area contributed by atoms with Gasteiger partial charge < -0.3 is 14.4 Å². The topological polar surface area (TPSA) is 45.5 Å². The molecule has 0 saturated heterocycles. The monoisotopic (exact) mass is 214 g/mol. The van der Waals surface area contributed by atoms with E-state index >= 15 is 0 Å². The van der Waals surface area contributed by atoms with Crippen molar-refractivity contribution in [1.82, 2.24) is 4.90 Å². The Morgan fingerprint density at radius 1 is 1.33 bits per heavy atom. The second-order valence-electron chi connectivity index (χ2n) is 3.53. The SMILES string of the molecule is CCN(CCOCCOC)CC(C)C#N. The first kappa shape index (κ1) is 14.4. The molecule has 0 aliphatic heterocycles. The molecular formula is C11H22N2O2. The standard InChI is InChI=1S/C11H22N2O2/c1-4-13(10-11(2)9-12)5-6-15-8-7-14-3/h11H,4-8,10H2,1-3H3. The molecule has 15 heavy (non-hydrogen) atoms. The molecule has 1 unspecified atom stereocenters. The minimum atomic E-state index is 0.0870. The van der Waals surface area contributed by atoms with Crippen molar-refractivity contribution < 1.29 is 9.47 Å². The molecule has 0 spiro atoms. The van der Waals surface area contributed by atoms with Crippen LogP contribution in [0.25, 0.3) is 0 Å². The third-order valence-corrected chi connectivity index (χ3v) is 2.18. The van der Waals surface area contributed by atoms with E-state index in [9.17, 15) is 0 Å². The molecule has 0 heterocycles. The van der Waals surface area contributed by atoms with Crippen LogP contribution in [-0.4, -0.2) is 51.5 Å². The third-order valence-electron chi connectivity index (χ3n) is 2.18. The average molecular weight is 214 g/mol. The molecular weight excluding hydrogens is 192 g/mol. The molecule has 0 aromatic rings. The Labute approximate surface area is 92.8 Å². The fourth-order valence-electron chi connectivity index (χ4n) is 1.24. The van der Waals surface area contributed by atoms with Crippen LogP contribution >= 0.6 is 0 Å². The lowest BCUT2D eigenvalue weighted by Crippen LogP contribution is -2.31. The lowest BCUT2D eigenvalue weighted by molar-refractivity contribution is 0.0569. The second-order valence-corrected chi connectivity index (χ2v) is 3.53. The van der Waals surface area contributed by atoms with Crippen LogP contribution in [0.2, 0.25) is 0 Å². The number of hydrogen-bond donors (Lipinski definition) is 0. The number of nitrogens with zero attached hydrogens (tertiary/aromatic N) is 2. The van der Waals surface area contributed by atoms with Gasteiger partial charge in [-0.3, -0.25) is 0 Å². The van der Waals surface area contributed by atoms with Gasteiger partial charge in [0.2, 0.25) is 0 Å². The quantitative estimate of drug-likeness (QED) is 0.540. The largest absolute Gasteiger partial charge is 0.382 e.